The summed E-state index contributed by atoms with van der Waals surface area (Å²) in [5.41, 5.74) is 3.10. The van der Waals surface area contributed by atoms with Gasteiger partial charge >= 0.3 is 0 Å². The molecule has 0 aliphatic heterocycles. The average Bonchev–Trinajstić information content (AvgIpc) is 2.55. The van der Waals surface area contributed by atoms with Gasteiger partial charge in [0.05, 0.1) is 13.3 Å². The summed E-state index contributed by atoms with van der Waals surface area (Å²) in [4.78, 5) is 11.6. The highest BCUT2D eigenvalue weighted by Crippen LogP contribution is 2.16. The Kier molecular flexibility index (Phi) is 5.80. The number of hydrogen-bond acceptors (Lipinski definition) is 4. The number of ether oxygens (including phenoxy) is 2. The molecule has 0 saturated carbocycles. The minimum absolute atomic E-state index is 0.133. The number of carbonyl (C=O) groups is 1. The molecule has 2 aromatic carbocycles. The van der Waals surface area contributed by atoms with E-state index in [2.05, 4.69) is 10.5 Å². The smallest absolute Gasteiger partial charge is 0.277 e. The highest BCUT2D eigenvalue weighted by Gasteiger charge is 2.02. The van der Waals surface area contributed by atoms with Gasteiger partial charge in [0.2, 0.25) is 0 Å². The second-order valence-corrected chi connectivity index (χ2v) is 4.69. The van der Waals surface area contributed by atoms with Crippen molar-refractivity contribution in [1.29, 1.82) is 0 Å². The van der Waals surface area contributed by atoms with E-state index in [1.165, 1.54) is 6.21 Å². The first-order chi connectivity index (χ1) is 10.7. The molecule has 1 N–H and O–H groups in total. The molecule has 0 radical (unpaired) electrons. The molecular weight excluding hydrogens is 304 g/mol. The number of nitrogens with zero attached hydrogens (tertiary/aromatic N) is 1. The largest absolute Gasteiger partial charge is 0.497 e. The van der Waals surface area contributed by atoms with Crippen LogP contribution in [0.25, 0.3) is 0 Å². The summed E-state index contributed by atoms with van der Waals surface area (Å²) in [5.74, 6) is 0.936. The molecule has 0 saturated heterocycles. The Morgan fingerprint density at radius 3 is 2.55 bits per heavy atom. The van der Waals surface area contributed by atoms with Crippen LogP contribution in [-0.2, 0) is 4.79 Å². The summed E-state index contributed by atoms with van der Waals surface area (Å²) in [7, 11) is 1.58. The second-order valence-electron chi connectivity index (χ2n) is 4.28. The number of benzene rings is 2. The van der Waals surface area contributed by atoms with Gasteiger partial charge in [0.15, 0.2) is 6.61 Å². The van der Waals surface area contributed by atoms with Crippen molar-refractivity contribution in [3.63, 3.8) is 0 Å². The number of hydrogen-bond donors (Lipinski definition) is 1. The molecule has 22 heavy (non-hydrogen) atoms. The van der Waals surface area contributed by atoms with Gasteiger partial charge in [0.25, 0.3) is 5.91 Å². The number of methoxy groups -OCH3 is 1. The molecule has 0 unspecified atom stereocenters. The van der Waals surface area contributed by atoms with E-state index in [1.807, 2.05) is 12.1 Å². The molecule has 114 valence electrons. The molecule has 0 aromatic heterocycles. The zero-order chi connectivity index (χ0) is 15.8. The fourth-order valence-electron chi connectivity index (χ4n) is 1.61. The Hall–Kier alpha value is -2.53. The Morgan fingerprint density at radius 2 is 1.86 bits per heavy atom. The Labute approximate surface area is 133 Å². The lowest BCUT2D eigenvalue weighted by Gasteiger charge is -2.05. The number of rotatable bonds is 6. The lowest BCUT2D eigenvalue weighted by molar-refractivity contribution is -0.123. The molecule has 0 aliphatic rings. The maximum absolute atomic E-state index is 11.6. The van der Waals surface area contributed by atoms with E-state index in [0.717, 1.165) is 11.3 Å². The van der Waals surface area contributed by atoms with Gasteiger partial charge in [-0.3, -0.25) is 4.79 Å². The standard InChI is InChI=1S/C16H15ClN2O3/c1-21-13-6-8-14(9-7-13)22-11-16(20)19-18-10-12-4-2-3-5-15(12)17/h2-10H,11H2,1H3,(H,19,20)/b18-10+. The maximum Gasteiger partial charge on any atom is 0.277 e. The number of nitrogens with one attached hydrogen (secondary N) is 1. The van der Waals surface area contributed by atoms with Crippen LogP contribution in [0, 0.1) is 0 Å². The molecular formula is C16H15ClN2O3. The summed E-state index contributed by atoms with van der Waals surface area (Å²) in [5, 5.41) is 4.40. The monoisotopic (exact) mass is 318 g/mol. The topological polar surface area (TPSA) is 59.9 Å². The molecule has 2 rings (SSSR count). The number of amides is 1. The molecule has 0 aliphatic carbocycles. The van der Waals surface area contributed by atoms with Crippen molar-refractivity contribution < 1.29 is 14.3 Å². The highest BCUT2D eigenvalue weighted by molar-refractivity contribution is 6.33. The van der Waals surface area contributed by atoms with E-state index in [1.54, 1.807) is 43.5 Å². The van der Waals surface area contributed by atoms with Crippen LogP contribution in [0.3, 0.4) is 0 Å². The second kappa shape index (κ2) is 8.05. The van der Waals surface area contributed by atoms with E-state index in [9.17, 15) is 4.79 Å². The molecule has 2 aromatic rings. The zero-order valence-electron chi connectivity index (χ0n) is 12.0. The lowest BCUT2D eigenvalue weighted by atomic mass is 10.2. The van der Waals surface area contributed by atoms with Crippen molar-refractivity contribution in [3.05, 3.63) is 59.1 Å². The minimum Gasteiger partial charge on any atom is -0.497 e. The SMILES string of the molecule is COc1ccc(OCC(=O)N/N=C/c2ccccc2Cl)cc1. The van der Waals surface area contributed by atoms with Crippen LogP contribution in [0.2, 0.25) is 5.02 Å². The predicted molar refractivity (Wildman–Crippen MR) is 85.7 cm³/mol. The molecule has 0 atom stereocenters. The van der Waals surface area contributed by atoms with Gasteiger partial charge < -0.3 is 9.47 Å². The first-order valence-electron chi connectivity index (χ1n) is 6.52. The molecule has 0 fully saturated rings. The quantitative estimate of drug-likeness (QED) is 0.658. The molecule has 5 nitrogen and oxygen atoms in total. The Bertz CT molecular complexity index is 657. The highest BCUT2D eigenvalue weighted by atomic mass is 35.5. The third-order valence-electron chi connectivity index (χ3n) is 2.73. The fourth-order valence-corrected chi connectivity index (χ4v) is 1.79. The van der Waals surface area contributed by atoms with Crippen molar-refractivity contribution >= 4 is 23.7 Å². The average molecular weight is 319 g/mol. The van der Waals surface area contributed by atoms with Crippen molar-refractivity contribution in [1.82, 2.24) is 5.43 Å². The van der Waals surface area contributed by atoms with Crippen LogP contribution in [-0.4, -0.2) is 25.8 Å². The first kappa shape index (κ1) is 15.9. The van der Waals surface area contributed by atoms with Crippen molar-refractivity contribution in [2.45, 2.75) is 0 Å². The van der Waals surface area contributed by atoms with Crippen molar-refractivity contribution in [2.24, 2.45) is 5.10 Å². The van der Waals surface area contributed by atoms with Gasteiger partial charge in [-0.1, -0.05) is 29.8 Å². The number of carbonyl (C=O) groups excluding carboxylic acids is 1. The van der Waals surface area contributed by atoms with E-state index < -0.39 is 0 Å². The lowest BCUT2D eigenvalue weighted by Crippen LogP contribution is -2.24. The Balaban J connectivity index is 1.79. The first-order valence-corrected chi connectivity index (χ1v) is 6.90. The van der Waals surface area contributed by atoms with Crippen LogP contribution < -0.4 is 14.9 Å². The molecule has 6 heteroatoms. The summed E-state index contributed by atoms with van der Waals surface area (Å²) >= 11 is 5.97. The summed E-state index contributed by atoms with van der Waals surface area (Å²) in [6.07, 6.45) is 1.48. The van der Waals surface area contributed by atoms with E-state index in [0.29, 0.717) is 10.8 Å². The number of hydrazone groups is 1. The van der Waals surface area contributed by atoms with E-state index in [-0.39, 0.29) is 12.5 Å². The normalized spacial score (nSPS) is 10.5. The van der Waals surface area contributed by atoms with Gasteiger partial charge in [0, 0.05) is 10.6 Å². The van der Waals surface area contributed by atoms with Crippen molar-refractivity contribution in [2.75, 3.05) is 13.7 Å². The maximum atomic E-state index is 11.6. The third-order valence-corrected chi connectivity index (χ3v) is 3.07. The van der Waals surface area contributed by atoms with Crippen LogP contribution in [0.4, 0.5) is 0 Å². The minimum atomic E-state index is -0.362. The van der Waals surface area contributed by atoms with Gasteiger partial charge in [-0.15, -0.1) is 0 Å². The summed E-state index contributed by atoms with van der Waals surface area (Å²) in [6, 6.07) is 14.1. The summed E-state index contributed by atoms with van der Waals surface area (Å²) < 4.78 is 10.4. The fraction of sp³-hybridized carbons (Fsp3) is 0.125. The van der Waals surface area contributed by atoms with Gasteiger partial charge in [-0.25, -0.2) is 5.43 Å². The molecule has 0 bridgehead atoms. The number of halogens is 1. The zero-order valence-corrected chi connectivity index (χ0v) is 12.7. The molecule has 1 amide bonds. The van der Waals surface area contributed by atoms with Crippen molar-refractivity contribution in [3.8, 4) is 11.5 Å². The third kappa shape index (κ3) is 4.79. The molecule has 0 heterocycles. The van der Waals surface area contributed by atoms with Gasteiger partial charge in [-0.2, -0.15) is 5.10 Å². The van der Waals surface area contributed by atoms with E-state index in [4.69, 9.17) is 21.1 Å². The van der Waals surface area contributed by atoms with Crippen LogP contribution in [0.5, 0.6) is 11.5 Å². The van der Waals surface area contributed by atoms with Gasteiger partial charge in [-0.05, 0) is 30.3 Å². The molecule has 0 spiro atoms. The van der Waals surface area contributed by atoms with Gasteiger partial charge in [0.1, 0.15) is 11.5 Å². The predicted octanol–water partition coefficient (Wildman–Crippen LogP) is 2.88. The van der Waals surface area contributed by atoms with Crippen LogP contribution in [0.15, 0.2) is 53.6 Å². The van der Waals surface area contributed by atoms with E-state index >= 15 is 0 Å². The Morgan fingerprint density at radius 1 is 1.18 bits per heavy atom. The van der Waals surface area contributed by atoms with Crippen LogP contribution in [0.1, 0.15) is 5.56 Å². The summed E-state index contributed by atoms with van der Waals surface area (Å²) in [6.45, 7) is -0.133. The van der Waals surface area contributed by atoms with Crippen LogP contribution >= 0.6 is 11.6 Å².